The Morgan fingerprint density at radius 1 is 1.30 bits per heavy atom. The molecule has 2 aliphatic heterocycles. The normalized spacial score (nSPS) is 24.3. The molecule has 2 fully saturated rings. The lowest BCUT2D eigenvalue weighted by Crippen LogP contribution is -2.59. The van der Waals surface area contributed by atoms with Crippen molar-refractivity contribution in [1.29, 1.82) is 0 Å². The topological polar surface area (TPSA) is 119 Å². The molecule has 4 N–H and O–H groups in total. The summed E-state index contributed by atoms with van der Waals surface area (Å²) in [6, 6.07) is 3.89. The van der Waals surface area contributed by atoms with Gasteiger partial charge in [0.25, 0.3) is 0 Å². The van der Waals surface area contributed by atoms with E-state index in [1.807, 2.05) is 0 Å². The first-order chi connectivity index (χ1) is 11.0. The second-order valence-electron chi connectivity index (χ2n) is 5.79. The number of ether oxygens (including phenoxy) is 1. The van der Waals surface area contributed by atoms with Gasteiger partial charge in [0, 0.05) is 6.54 Å². The van der Waals surface area contributed by atoms with Crippen LogP contribution in [0.3, 0.4) is 0 Å². The van der Waals surface area contributed by atoms with E-state index in [9.17, 15) is 19.8 Å². The molecule has 0 aliphatic carbocycles. The average molecular weight is 322 g/mol. The third kappa shape index (κ3) is 3.08. The van der Waals surface area contributed by atoms with Crippen LogP contribution in [0.5, 0.6) is 11.5 Å². The van der Waals surface area contributed by atoms with E-state index in [1.165, 1.54) is 18.2 Å². The summed E-state index contributed by atoms with van der Waals surface area (Å²) in [5, 5.41) is 31.1. The Morgan fingerprint density at radius 2 is 2.04 bits per heavy atom. The number of nitrogens with zero attached hydrogens (tertiary/aromatic N) is 1. The molecule has 0 saturated carbocycles. The molecule has 1 amide bonds. The minimum absolute atomic E-state index is 0.0870. The Hall–Kier alpha value is -2.32. The Kier molecular flexibility index (Phi) is 4.10. The number of carbonyl (C=O) groups excluding carboxylic acids is 1. The number of carboxylic acid groups (broad SMARTS) is 1. The number of rotatable bonds is 4. The van der Waals surface area contributed by atoms with Crippen LogP contribution in [0.25, 0.3) is 0 Å². The van der Waals surface area contributed by atoms with Gasteiger partial charge in [0.05, 0.1) is 25.2 Å². The van der Waals surface area contributed by atoms with Gasteiger partial charge in [-0.05, 0) is 18.6 Å². The number of likely N-dealkylation sites (tertiary alicyclic amines) is 1. The Labute approximate surface area is 132 Å². The summed E-state index contributed by atoms with van der Waals surface area (Å²) in [7, 11) is 0. The van der Waals surface area contributed by atoms with Crippen molar-refractivity contribution in [1.82, 2.24) is 10.2 Å². The minimum Gasteiger partial charge on any atom is -0.507 e. The largest absolute Gasteiger partial charge is 0.507 e. The lowest BCUT2D eigenvalue weighted by atomic mass is 10.1. The van der Waals surface area contributed by atoms with Crippen molar-refractivity contribution in [3.8, 4) is 11.5 Å². The third-order valence-corrected chi connectivity index (χ3v) is 4.08. The highest BCUT2D eigenvalue weighted by Gasteiger charge is 2.38. The van der Waals surface area contributed by atoms with Gasteiger partial charge in [-0.25, -0.2) is 4.79 Å². The molecule has 8 heteroatoms. The maximum absolute atomic E-state index is 12.2. The number of hydrogen-bond donors (Lipinski definition) is 4. The van der Waals surface area contributed by atoms with E-state index in [0.29, 0.717) is 26.1 Å². The fourth-order valence-electron chi connectivity index (χ4n) is 2.83. The first-order valence-corrected chi connectivity index (χ1v) is 7.38. The highest BCUT2D eigenvalue weighted by atomic mass is 16.5. The van der Waals surface area contributed by atoms with Crippen molar-refractivity contribution in [2.24, 2.45) is 0 Å². The van der Waals surface area contributed by atoms with Gasteiger partial charge in [0.1, 0.15) is 23.2 Å². The summed E-state index contributed by atoms with van der Waals surface area (Å²) in [6.07, 6.45) is -0.413. The molecule has 0 spiro atoms. The highest BCUT2D eigenvalue weighted by Crippen LogP contribution is 2.29. The molecule has 124 valence electrons. The molecule has 0 unspecified atom stereocenters. The fraction of sp³-hybridized carbons (Fsp3) is 0.467. The van der Waals surface area contributed by atoms with Crippen molar-refractivity contribution in [2.75, 3.05) is 19.6 Å². The Balaban J connectivity index is 1.58. The molecule has 1 aromatic rings. The zero-order valence-electron chi connectivity index (χ0n) is 12.3. The van der Waals surface area contributed by atoms with Crippen LogP contribution in [0.4, 0.5) is 0 Å². The maximum Gasteiger partial charge on any atom is 0.343 e. The Bertz CT molecular complexity index is 628. The first-order valence-electron chi connectivity index (χ1n) is 7.38. The number of aromatic carboxylic acids is 1. The standard InChI is InChI=1S/C15H18N2O6/c18-8-4-10(16-5-8)14(20)17-6-9(7-17)23-12-3-1-2-11(19)13(12)15(21)22/h1-3,8-10,16,18-19H,4-7H2,(H,21,22)/t8-,10-/m0/s1. The number of carboxylic acids is 1. The van der Waals surface area contributed by atoms with Gasteiger partial charge in [-0.1, -0.05) is 6.07 Å². The maximum atomic E-state index is 12.2. The molecule has 2 aliphatic rings. The van der Waals surface area contributed by atoms with E-state index < -0.39 is 12.1 Å². The quantitative estimate of drug-likeness (QED) is 0.584. The first kappa shape index (κ1) is 15.6. The predicted molar refractivity (Wildman–Crippen MR) is 78.5 cm³/mol. The number of carbonyl (C=O) groups is 2. The van der Waals surface area contributed by atoms with Gasteiger partial charge in [-0.3, -0.25) is 4.79 Å². The van der Waals surface area contributed by atoms with E-state index in [4.69, 9.17) is 9.84 Å². The van der Waals surface area contributed by atoms with E-state index in [2.05, 4.69) is 5.32 Å². The molecular formula is C15H18N2O6. The van der Waals surface area contributed by atoms with E-state index in [-0.39, 0.29) is 35.1 Å². The summed E-state index contributed by atoms with van der Waals surface area (Å²) < 4.78 is 5.58. The number of aliphatic hydroxyl groups is 1. The fourth-order valence-corrected chi connectivity index (χ4v) is 2.83. The number of benzene rings is 1. The Morgan fingerprint density at radius 3 is 2.65 bits per heavy atom. The SMILES string of the molecule is O=C(O)c1c(O)cccc1OC1CN(C(=O)[C@@H]2C[C@H](O)CN2)C1. The van der Waals surface area contributed by atoms with Crippen LogP contribution >= 0.6 is 0 Å². The van der Waals surface area contributed by atoms with Crippen LogP contribution in [0.1, 0.15) is 16.8 Å². The van der Waals surface area contributed by atoms with Gasteiger partial charge in [0.2, 0.25) is 5.91 Å². The average Bonchev–Trinajstić information content (AvgIpc) is 2.88. The third-order valence-electron chi connectivity index (χ3n) is 4.08. The predicted octanol–water partition coefficient (Wildman–Crippen LogP) is -0.597. The van der Waals surface area contributed by atoms with Crippen LogP contribution in [-0.2, 0) is 4.79 Å². The van der Waals surface area contributed by atoms with Crippen LogP contribution in [0.15, 0.2) is 18.2 Å². The van der Waals surface area contributed by atoms with E-state index in [1.54, 1.807) is 4.90 Å². The van der Waals surface area contributed by atoms with Gasteiger partial charge in [-0.2, -0.15) is 0 Å². The number of aliphatic hydroxyl groups excluding tert-OH is 1. The molecule has 0 radical (unpaired) electrons. The molecule has 2 heterocycles. The van der Waals surface area contributed by atoms with E-state index in [0.717, 1.165) is 0 Å². The van der Waals surface area contributed by atoms with Gasteiger partial charge in [0.15, 0.2) is 0 Å². The number of aromatic hydroxyl groups is 1. The molecule has 3 rings (SSSR count). The second kappa shape index (κ2) is 6.05. The molecule has 8 nitrogen and oxygen atoms in total. The van der Waals surface area contributed by atoms with E-state index >= 15 is 0 Å². The summed E-state index contributed by atoms with van der Waals surface area (Å²) >= 11 is 0. The van der Waals surface area contributed by atoms with Crippen molar-refractivity contribution in [2.45, 2.75) is 24.7 Å². The van der Waals surface area contributed by atoms with Gasteiger partial charge in [-0.15, -0.1) is 0 Å². The van der Waals surface area contributed by atoms with Crippen molar-refractivity contribution in [3.05, 3.63) is 23.8 Å². The van der Waals surface area contributed by atoms with Gasteiger partial charge < -0.3 is 30.3 Å². The smallest absolute Gasteiger partial charge is 0.343 e. The second-order valence-corrected chi connectivity index (χ2v) is 5.79. The number of nitrogens with one attached hydrogen (secondary N) is 1. The zero-order valence-corrected chi connectivity index (χ0v) is 12.3. The summed E-state index contributed by atoms with van der Waals surface area (Å²) in [4.78, 5) is 24.9. The molecule has 2 saturated heterocycles. The van der Waals surface area contributed by atoms with Crippen LogP contribution in [-0.4, -0.2) is 70.0 Å². The van der Waals surface area contributed by atoms with Crippen LogP contribution < -0.4 is 10.1 Å². The summed E-state index contributed by atoms with van der Waals surface area (Å²) in [5.74, 6) is -1.62. The summed E-state index contributed by atoms with van der Waals surface area (Å²) in [5.41, 5.74) is -0.280. The number of amides is 1. The number of hydrogen-bond acceptors (Lipinski definition) is 6. The molecule has 1 aromatic carbocycles. The zero-order chi connectivity index (χ0) is 16.6. The molecular weight excluding hydrogens is 304 g/mol. The lowest BCUT2D eigenvalue weighted by molar-refractivity contribution is -0.142. The van der Waals surface area contributed by atoms with Crippen molar-refractivity contribution in [3.63, 3.8) is 0 Å². The van der Waals surface area contributed by atoms with Gasteiger partial charge >= 0.3 is 5.97 Å². The van der Waals surface area contributed by atoms with Crippen LogP contribution in [0.2, 0.25) is 0 Å². The van der Waals surface area contributed by atoms with Crippen molar-refractivity contribution < 1.29 is 29.6 Å². The van der Waals surface area contributed by atoms with Crippen LogP contribution in [0, 0.1) is 0 Å². The molecule has 0 bridgehead atoms. The number of β-amino-alcohol motifs (C(OH)–C–C–N with tert-alkyl or cyclic N) is 1. The highest BCUT2D eigenvalue weighted by molar-refractivity contribution is 5.94. The monoisotopic (exact) mass is 322 g/mol. The lowest BCUT2D eigenvalue weighted by Gasteiger charge is -2.40. The molecule has 2 atom stereocenters. The number of phenols is 1. The minimum atomic E-state index is -1.27. The summed E-state index contributed by atoms with van der Waals surface area (Å²) in [6.45, 7) is 1.11. The van der Waals surface area contributed by atoms with Crippen molar-refractivity contribution >= 4 is 11.9 Å². The molecule has 0 aromatic heterocycles. The molecule has 23 heavy (non-hydrogen) atoms.